The summed E-state index contributed by atoms with van der Waals surface area (Å²) in [4.78, 5) is 0. The number of rotatable bonds is 6. The lowest BCUT2D eigenvalue weighted by molar-refractivity contribution is 0.0148. The summed E-state index contributed by atoms with van der Waals surface area (Å²) in [6.45, 7) is 7.62. The molecule has 0 amide bonds. The number of hydrogen-bond acceptors (Lipinski definition) is 3. The predicted molar refractivity (Wildman–Crippen MR) is 56.7 cm³/mol. The van der Waals surface area contributed by atoms with E-state index in [0.29, 0.717) is 12.5 Å². The van der Waals surface area contributed by atoms with Crippen LogP contribution in [-0.4, -0.2) is 35.8 Å². The molecule has 0 aliphatic heterocycles. The van der Waals surface area contributed by atoms with E-state index in [9.17, 15) is 5.11 Å². The average molecular weight is 191 g/mol. The molecule has 0 spiro atoms. The van der Waals surface area contributed by atoms with Crippen LogP contribution in [0.4, 0.5) is 0 Å². The van der Waals surface area contributed by atoms with E-state index < -0.39 is 5.60 Å². The van der Waals surface area contributed by atoms with Crippen molar-refractivity contribution in [3.63, 3.8) is 0 Å². The molecule has 0 aliphatic carbocycles. The van der Waals surface area contributed by atoms with E-state index in [4.69, 9.17) is 0 Å². The summed E-state index contributed by atoms with van der Waals surface area (Å²) in [5, 5.41) is 13.1. The van der Waals surface area contributed by atoms with Crippen molar-refractivity contribution < 1.29 is 5.11 Å². The highest BCUT2D eigenvalue weighted by molar-refractivity contribution is 7.98. The highest BCUT2D eigenvalue weighted by Crippen LogP contribution is 2.14. The van der Waals surface area contributed by atoms with Crippen LogP contribution in [0.3, 0.4) is 0 Å². The van der Waals surface area contributed by atoms with Crippen molar-refractivity contribution in [3.8, 4) is 0 Å². The molecule has 0 aromatic heterocycles. The van der Waals surface area contributed by atoms with Crippen LogP contribution in [0.1, 0.15) is 20.8 Å². The number of aliphatic hydroxyl groups is 1. The first kappa shape index (κ1) is 12.3. The SMILES string of the molecule is CSCCNCC(C)(O)C(C)C. The Morgan fingerprint density at radius 3 is 2.50 bits per heavy atom. The van der Waals surface area contributed by atoms with E-state index in [1.54, 1.807) is 0 Å². The van der Waals surface area contributed by atoms with Gasteiger partial charge in [-0.3, -0.25) is 0 Å². The van der Waals surface area contributed by atoms with Gasteiger partial charge in [0.15, 0.2) is 0 Å². The number of nitrogens with one attached hydrogen (secondary N) is 1. The number of hydrogen-bond donors (Lipinski definition) is 2. The summed E-state index contributed by atoms with van der Waals surface area (Å²) in [6.07, 6.45) is 2.09. The predicted octanol–water partition coefficient (Wildman–Crippen LogP) is 1.35. The van der Waals surface area contributed by atoms with Gasteiger partial charge in [-0.05, 0) is 19.1 Å². The Labute approximate surface area is 80.1 Å². The molecule has 3 heteroatoms. The van der Waals surface area contributed by atoms with Crippen LogP contribution in [-0.2, 0) is 0 Å². The first-order chi connectivity index (χ1) is 5.50. The van der Waals surface area contributed by atoms with Crippen molar-refractivity contribution in [1.29, 1.82) is 0 Å². The van der Waals surface area contributed by atoms with E-state index in [-0.39, 0.29) is 0 Å². The Morgan fingerprint density at radius 2 is 2.08 bits per heavy atom. The van der Waals surface area contributed by atoms with Gasteiger partial charge in [0.05, 0.1) is 5.60 Å². The van der Waals surface area contributed by atoms with Crippen molar-refractivity contribution in [2.45, 2.75) is 26.4 Å². The van der Waals surface area contributed by atoms with Crippen LogP contribution >= 0.6 is 11.8 Å². The van der Waals surface area contributed by atoms with Gasteiger partial charge in [-0.1, -0.05) is 13.8 Å². The topological polar surface area (TPSA) is 32.3 Å². The molecule has 0 saturated carbocycles. The Kier molecular flexibility index (Phi) is 5.97. The molecular weight excluding hydrogens is 170 g/mol. The second kappa shape index (κ2) is 5.84. The Hall–Kier alpha value is 0.270. The van der Waals surface area contributed by atoms with Crippen LogP contribution in [0, 0.1) is 5.92 Å². The molecule has 0 fully saturated rings. The van der Waals surface area contributed by atoms with Crippen LogP contribution in [0.15, 0.2) is 0 Å². The maximum atomic E-state index is 9.82. The standard InChI is InChI=1S/C9H21NOS/c1-8(2)9(3,11)7-10-5-6-12-4/h8,10-11H,5-7H2,1-4H3. The Morgan fingerprint density at radius 1 is 1.50 bits per heavy atom. The Balaban J connectivity index is 3.47. The lowest BCUT2D eigenvalue weighted by Crippen LogP contribution is -2.42. The molecule has 0 bridgehead atoms. The van der Waals surface area contributed by atoms with Gasteiger partial charge in [0.2, 0.25) is 0 Å². The molecule has 0 heterocycles. The summed E-state index contributed by atoms with van der Waals surface area (Å²) in [6, 6.07) is 0. The van der Waals surface area contributed by atoms with Crippen LogP contribution in [0.25, 0.3) is 0 Å². The molecule has 1 atom stereocenters. The minimum Gasteiger partial charge on any atom is -0.389 e. The molecule has 0 rings (SSSR count). The fraction of sp³-hybridized carbons (Fsp3) is 1.00. The quantitative estimate of drug-likeness (QED) is 0.622. The highest BCUT2D eigenvalue weighted by atomic mass is 32.2. The minimum absolute atomic E-state index is 0.305. The van der Waals surface area contributed by atoms with E-state index in [0.717, 1.165) is 12.3 Å². The summed E-state index contributed by atoms with van der Waals surface area (Å²) < 4.78 is 0. The zero-order valence-corrected chi connectivity index (χ0v) is 9.37. The van der Waals surface area contributed by atoms with Gasteiger partial charge in [0.1, 0.15) is 0 Å². The maximum Gasteiger partial charge on any atom is 0.0766 e. The van der Waals surface area contributed by atoms with Crippen LogP contribution in [0.2, 0.25) is 0 Å². The first-order valence-electron chi connectivity index (χ1n) is 4.42. The molecule has 0 aliphatic rings. The van der Waals surface area contributed by atoms with Crippen molar-refractivity contribution in [1.82, 2.24) is 5.32 Å². The molecule has 0 aromatic carbocycles. The fourth-order valence-electron chi connectivity index (χ4n) is 0.720. The molecule has 0 aromatic rings. The van der Waals surface area contributed by atoms with Gasteiger partial charge in [-0.2, -0.15) is 11.8 Å². The molecule has 2 nitrogen and oxygen atoms in total. The van der Waals surface area contributed by atoms with Gasteiger partial charge in [0, 0.05) is 18.8 Å². The van der Waals surface area contributed by atoms with Crippen LogP contribution < -0.4 is 5.32 Å². The van der Waals surface area contributed by atoms with Crippen molar-refractivity contribution in [2.75, 3.05) is 25.1 Å². The van der Waals surface area contributed by atoms with E-state index >= 15 is 0 Å². The zero-order chi connectivity index (χ0) is 9.61. The third-order valence-corrected chi connectivity index (χ3v) is 2.82. The summed E-state index contributed by atoms with van der Waals surface area (Å²) in [5.41, 5.74) is -0.571. The fourth-order valence-corrected chi connectivity index (χ4v) is 1.07. The summed E-state index contributed by atoms with van der Waals surface area (Å²) in [7, 11) is 0. The minimum atomic E-state index is -0.571. The molecule has 2 N–H and O–H groups in total. The molecule has 74 valence electrons. The molecule has 1 unspecified atom stereocenters. The first-order valence-corrected chi connectivity index (χ1v) is 5.82. The largest absolute Gasteiger partial charge is 0.389 e. The second-order valence-electron chi connectivity index (χ2n) is 3.68. The van der Waals surface area contributed by atoms with Crippen molar-refractivity contribution in [2.24, 2.45) is 5.92 Å². The van der Waals surface area contributed by atoms with Gasteiger partial charge < -0.3 is 10.4 Å². The second-order valence-corrected chi connectivity index (χ2v) is 4.67. The molecule has 12 heavy (non-hydrogen) atoms. The Bertz CT molecular complexity index is 115. The van der Waals surface area contributed by atoms with E-state index in [1.165, 1.54) is 0 Å². The smallest absolute Gasteiger partial charge is 0.0766 e. The third-order valence-electron chi connectivity index (χ3n) is 2.21. The summed E-state index contributed by atoms with van der Waals surface area (Å²) in [5.74, 6) is 1.41. The van der Waals surface area contributed by atoms with Gasteiger partial charge in [0.25, 0.3) is 0 Å². The highest BCUT2D eigenvalue weighted by Gasteiger charge is 2.23. The molecule has 0 radical (unpaired) electrons. The molecule has 0 saturated heterocycles. The number of thioether (sulfide) groups is 1. The van der Waals surface area contributed by atoms with Gasteiger partial charge in [-0.25, -0.2) is 0 Å². The lowest BCUT2D eigenvalue weighted by Gasteiger charge is -2.27. The monoisotopic (exact) mass is 191 g/mol. The average Bonchev–Trinajstić information content (AvgIpc) is 1.98. The van der Waals surface area contributed by atoms with E-state index in [1.807, 2.05) is 32.5 Å². The van der Waals surface area contributed by atoms with Gasteiger partial charge in [-0.15, -0.1) is 0 Å². The third kappa shape index (κ3) is 5.01. The summed E-state index contributed by atoms with van der Waals surface area (Å²) >= 11 is 1.82. The normalized spacial score (nSPS) is 16.5. The van der Waals surface area contributed by atoms with Gasteiger partial charge >= 0.3 is 0 Å². The van der Waals surface area contributed by atoms with Crippen molar-refractivity contribution in [3.05, 3.63) is 0 Å². The van der Waals surface area contributed by atoms with E-state index in [2.05, 4.69) is 11.6 Å². The molecular formula is C9H21NOS. The maximum absolute atomic E-state index is 9.82. The zero-order valence-electron chi connectivity index (χ0n) is 8.55. The van der Waals surface area contributed by atoms with Crippen molar-refractivity contribution >= 4 is 11.8 Å². The van der Waals surface area contributed by atoms with Crippen LogP contribution in [0.5, 0.6) is 0 Å². The lowest BCUT2D eigenvalue weighted by atomic mass is 9.93.